The van der Waals surface area contributed by atoms with E-state index in [1.807, 2.05) is 13.8 Å². The topological polar surface area (TPSA) is 110 Å². The summed E-state index contributed by atoms with van der Waals surface area (Å²) in [4.78, 5) is 11.6. The first-order valence-electron chi connectivity index (χ1n) is 6.20. The van der Waals surface area contributed by atoms with Crippen molar-refractivity contribution < 1.29 is 22.7 Å². The van der Waals surface area contributed by atoms with Gasteiger partial charge in [-0.3, -0.25) is 5.10 Å². The number of hydrogen-bond donors (Lipinski definition) is 2. The summed E-state index contributed by atoms with van der Waals surface area (Å²) >= 11 is 0. The zero-order valence-electron chi connectivity index (χ0n) is 11.7. The molecule has 0 aromatic carbocycles. The van der Waals surface area contributed by atoms with Crippen molar-refractivity contribution in [2.75, 3.05) is 19.8 Å². The summed E-state index contributed by atoms with van der Waals surface area (Å²) < 4.78 is 36.4. The Labute approximate surface area is 117 Å². The van der Waals surface area contributed by atoms with Gasteiger partial charge in [-0.1, -0.05) is 0 Å². The second-order valence-corrected chi connectivity index (χ2v) is 5.85. The smallest absolute Gasteiger partial charge is 0.342 e. The van der Waals surface area contributed by atoms with Crippen LogP contribution in [0.3, 0.4) is 0 Å². The number of ether oxygens (including phenoxy) is 2. The van der Waals surface area contributed by atoms with Gasteiger partial charge in [0.05, 0.1) is 25.5 Å². The van der Waals surface area contributed by atoms with Crippen LogP contribution in [-0.2, 0) is 19.5 Å². The van der Waals surface area contributed by atoms with Gasteiger partial charge in [0.25, 0.3) is 10.0 Å². The summed E-state index contributed by atoms with van der Waals surface area (Å²) in [6, 6.07) is 0. The van der Waals surface area contributed by atoms with Crippen molar-refractivity contribution in [1.29, 1.82) is 0 Å². The van der Waals surface area contributed by atoms with Gasteiger partial charge in [-0.25, -0.2) is 17.9 Å². The van der Waals surface area contributed by atoms with E-state index in [0.29, 0.717) is 0 Å². The number of carbonyl (C=O) groups excluding carboxylic acids is 1. The number of nitrogens with zero attached hydrogens (tertiary/aromatic N) is 1. The maximum absolute atomic E-state index is 12.0. The van der Waals surface area contributed by atoms with Gasteiger partial charge in [0.2, 0.25) is 0 Å². The van der Waals surface area contributed by atoms with Crippen LogP contribution in [0.5, 0.6) is 0 Å². The predicted octanol–water partition coefficient (Wildman–Crippen LogP) is 0.290. The van der Waals surface area contributed by atoms with Gasteiger partial charge in [-0.2, -0.15) is 5.10 Å². The number of H-pyrrole nitrogens is 1. The van der Waals surface area contributed by atoms with Crippen molar-refractivity contribution in [1.82, 2.24) is 14.9 Å². The Morgan fingerprint density at radius 3 is 2.80 bits per heavy atom. The minimum atomic E-state index is -3.86. The molecule has 1 aromatic rings. The summed E-state index contributed by atoms with van der Waals surface area (Å²) in [7, 11) is -3.86. The molecular formula is C11H19N3O5S. The van der Waals surface area contributed by atoms with Crippen molar-refractivity contribution in [2.24, 2.45) is 0 Å². The maximum Gasteiger partial charge on any atom is 0.342 e. The van der Waals surface area contributed by atoms with Crippen LogP contribution in [0.4, 0.5) is 0 Å². The van der Waals surface area contributed by atoms with E-state index in [4.69, 9.17) is 9.47 Å². The molecule has 0 aliphatic rings. The molecule has 0 bridgehead atoms. The third-order valence-corrected chi connectivity index (χ3v) is 3.65. The Balaban J connectivity index is 2.73. The molecule has 0 saturated carbocycles. The van der Waals surface area contributed by atoms with E-state index in [2.05, 4.69) is 14.9 Å². The van der Waals surface area contributed by atoms with Crippen molar-refractivity contribution in [3.05, 3.63) is 11.8 Å². The van der Waals surface area contributed by atoms with E-state index < -0.39 is 16.0 Å². The highest BCUT2D eigenvalue weighted by atomic mass is 32.2. The molecule has 0 fully saturated rings. The van der Waals surface area contributed by atoms with Crippen molar-refractivity contribution in [3.8, 4) is 0 Å². The van der Waals surface area contributed by atoms with Crippen molar-refractivity contribution in [3.63, 3.8) is 0 Å². The van der Waals surface area contributed by atoms with Crippen LogP contribution in [0, 0.1) is 0 Å². The Kier molecular flexibility index (Phi) is 6.11. The fourth-order valence-electron chi connectivity index (χ4n) is 1.38. The van der Waals surface area contributed by atoms with E-state index >= 15 is 0 Å². The Bertz CT molecular complexity index is 538. The summed E-state index contributed by atoms with van der Waals surface area (Å²) in [6.07, 6.45) is 1.14. The molecule has 2 N–H and O–H groups in total. The van der Waals surface area contributed by atoms with Gasteiger partial charge in [0.15, 0.2) is 5.03 Å². The largest absolute Gasteiger partial charge is 0.462 e. The Hall–Kier alpha value is -1.45. The highest BCUT2D eigenvalue weighted by Crippen LogP contribution is 2.12. The summed E-state index contributed by atoms with van der Waals surface area (Å²) in [5.74, 6) is -0.736. The van der Waals surface area contributed by atoms with Crippen LogP contribution >= 0.6 is 0 Å². The number of aromatic amines is 1. The van der Waals surface area contributed by atoms with Crippen LogP contribution in [0.25, 0.3) is 0 Å². The fourth-order valence-corrected chi connectivity index (χ4v) is 2.47. The summed E-state index contributed by atoms with van der Waals surface area (Å²) in [5.41, 5.74) is -0.121. The molecule has 0 aliphatic carbocycles. The van der Waals surface area contributed by atoms with Crippen molar-refractivity contribution >= 4 is 16.0 Å². The number of esters is 1. The number of nitrogens with one attached hydrogen (secondary N) is 2. The second-order valence-electron chi connectivity index (χ2n) is 4.15. The van der Waals surface area contributed by atoms with Gasteiger partial charge >= 0.3 is 5.97 Å². The minimum Gasteiger partial charge on any atom is -0.462 e. The van der Waals surface area contributed by atoms with Gasteiger partial charge in [-0.15, -0.1) is 0 Å². The van der Waals surface area contributed by atoms with Gasteiger partial charge in [-0.05, 0) is 20.8 Å². The normalized spacial score (nSPS) is 11.8. The van der Waals surface area contributed by atoms with Crippen LogP contribution in [0.1, 0.15) is 31.1 Å². The lowest BCUT2D eigenvalue weighted by molar-refractivity contribution is 0.0522. The summed E-state index contributed by atoms with van der Waals surface area (Å²) in [5, 5.41) is 5.56. The second kappa shape index (κ2) is 7.36. The fraction of sp³-hybridized carbons (Fsp3) is 0.636. The Morgan fingerprint density at radius 2 is 2.20 bits per heavy atom. The monoisotopic (exact) mass is 305 g/mol. The molecule has 0 atom stereocenters. The SMILES string of the molecule is CCOC(=O)c1cn[nH]c1S(=O)(=O)NCCOC(C)C. The molecule has 1 heterocycles. The third-order valence-electron chi connectivity index (χ3n) is 2.21. The van der Waals surface area contributed by atoms with E-state index in [9.17, 15) is 13.2 Å². The van der Waals surface area contributed by atoms with Crippen LogP contribution in [0.15, 0.2) is 11.2 Å². The molecule has 1 rings (SSSR count). The number of aromatic nitrogens is 2. The lowest BCUT2D eigenvalue weighted by Gasteiger charge is -2.09. The molecule has 114 valence electrons. The average molecular weight is 305 g/mol. The molecule has 0 saturated heterocycles. The first-order valence-corrected chi connectivity index (χ1v) is 7.68. The highest BCUT2D eigenvalue weighted by Gasteiger charge is 2.25. The van der Waals surface area contributed by atoms with E-state index in [-0.39, 0.29) is 36.5 Å². The van der Waals surface area contributed by atoms with Gasteiger partial charge in [0, 0.05) is 6.54 Å². The lowest BCUT2D eigenvalue weighted by atomic mass is 10.4. The number of rotatable bonds is 8. The zero-order chi connectivity index (χ0) is 15.2. The van der Waals surface area contributed by atoms with Gasteiger partial charge < -0.3 is 9.47 Å². The van der Waals surface area contributed by atoms with E-state index in [1.54, 1.807) is 6.92 Å². The number of hydrogen-bond acceptors (Lipinski definition) is 6. The maximum atomic E-state index is 12.0. The van der Waals surface area contributed by atoms with Crippen LogP contribution < -0.4 is 4.72 Å². The Morgan fingerprint density at radius 1 is 1.50 bits per heavy atom. The molecule has 0 unspecified atom stereocenters. The zero-order valence-corrected chi connectivity index (χ0v) is 12.5. The minimum absolute atomic E-state index is 0.0155. The highest BCUT2D eigenvalue weighted by molar-refractivity contribution is 7.89. The predicted molar refractivity (Wildman–Crippen MR) is 70.8 cm³/mol. The molecule has 8 nitrogen and oxygen atoms in total. The van der Waals surface area contributed by atoms with Crippen LogP contribution in [0.2, 0.25) is 0 Å². The lowest BCUT2D eigenvalue weighted by Crippen LogP contribution is -2.29. The van der Waals surface area contributed by atoms with E-state index in [0.717, 1.165) is 6.20 Å². The molecule has 9 heteroatoms. The standard InChI is InChI=1S/C11H19N3O5S/c1-4-18-11(15)9-7-12-14-10(9)20(16,17)13-5-6-19-8(2)3/h7-8,13H,4-6H2,1-3H3,(H,12,14). The molecule has 0 radical (unpaired) electrons. The molecule has 20 heavy (non-hydrogen) atoms. The summed E-state index contributed by atoms with van der Waals surface area (Å²) in [6.45, 7) is 5.82. The molecular weight excluding hydrogens is 286 g/mol. The quantitative estimate of drug-likeness (QED) is 0.527. The average Bonchev–Trinajstić information content (AvgIpc) is 2.85. The molecule has 0 aliphatic heterocycles. The molecule has 1 aromatic heterocycles. The first-order chi connectivity index (χ1) is 9.38. The van der Waals surface area contributed by atoms with E-state index in [1.165, 1.54) is 0 Å². The number of carbonyl (C=O) groups is 1. The molecule has 0 spiro atoms. The van der Waals surface area contributed by atoms with Crippen LogP contribution in [-0.4, -0.2) is 50.4 Å². The number of sulfonamides is 1. The third kappa shape index (κ3) is 4.58. The molecule has 0 amide bonds. The van der Waals surface area contributed by atoms with Crippen molar-refractivity contribution in [2.45, 2.75) is 31.9 Å². The van der Waals surface area contributed by atoms with Gasteiger partial charge in [0.1, 0.15) is 5.56 Å². The first kappa shape index (κ1) is 16.6.